The van der Waals surface area contributed by atoms with Gasteiger partial charge in [0.15, 0.2) is 0 Å². The van der Waals surface area contributed by atoms with E-state index in [1.165, 1.54) is 12.1 Å². The van der Waals surface area contributed by atoms with Crippen LogP contribution in [0, 0.1) is 18.3 Å². The molecule has 0 radical (unpaired) electrons. The number of rotatable bonds is 4. The maximum Gasteiger partial charge on any atom is 0.241 e. The summed E-state index contributed by atoms with van der Waals surface area (Å²) >= 11 is 0. The van der Waals surface area contributed by atoms with E-state index < -0.39 is 16.1 Å². The van der Waals surface area contributed by atoms with Crippen LogP contribution in [0.1, 0.15) is 17.2 Å². The maximum atomic E-state index is 12.6. The summed E-state index contributed by atoms with van der Waals surface area (Å²) in [5, 5.41) is 11.3. The highest BCUT2D eigenvalue weighted by molar-refractivity contribution is 7.89. The summed E-state index contributed by atoms with van der Waals surface area (Å²) < 4.78 is 27.6. The lowest BCUT2D eigenvalue weighted by Crippen LogP contribution is -2.28. The van der Waals surface area contributed by atoms with Gasteiger partial charge in [-0.3, -0.25) is 0 Å². The third-order valence-corrected chi connectivity index (χ3v) is 5.31. The predicted molar refractivity (Wildman–Crippen MR) is 93.8 cm³/mol. The van der Waals surface area contributed by atoms with Crippen molar-refractivity contribution in [2.75, 3.05) is 0 Å². The number of hydrogen-bond acceptors (Lipinski definition) is 3. The van der Waals surface area contributed by atoms with Crippen molar-refractivity contribution >= 4 is 20.8 Å². The molecule has 24 heavy (non-hydrogen) atoms. The van der Waals surface area contributed by atoms with Crippen LogP contribution in [-0.2, 0) is 10.0 Å². The van der Waals surface area contributed by atoms with Gasteiger partial charge in [-0.05, 0) is 35.4 Å². The van der Waals surface area contributed by atoms with E-state index in [9.17, 15) is 13.7 Å². The molecule has 0 saturated heterocycles. The van der Waals surface area contributed by atoms with Gasteiger partial charge >= 0.3 is 0 Å². The second kappa shape index (κ2) is 6.44. The summed E-state index contributed by atoms with van der Waals surface area (Å²) in [7, 11) is -3.78. The fraction of sp³-hybridized carbons (Fsp3) is 0.105. The second-order valence-corrected chi connectivity index (χ2v) is 7.28. The molecule has 0 amide bonds. The van der Waals surface area contributed by atoms with Crippen LogP contribution in [0.2, 0.25) is 0 Å². The number of nitriles is 1. The Hall–Kier alpha value is -2.68. The van der Waals surface area contributed by atoms with E-state index in [-0.39, 0.29) is 4.90 Å². The molecule has 0 aliphatic carbocycles. The Kier molecular flexibility index (Phi) is 4.34. The number of nitrogens with zero attached hydrogens (tertiary/aromatic N) is 1. The third kappa shape index (κ3) is 3.16. The number of hydrogen-bond donors (Lipinski definition) is 1. The van der Waals surface area contributed by atoms with Crippen LogP contribution >= 0.6 is 0 Å². The Balaban J connectivity index is 2.00. The summed E-state index contributed by atoms with van der Waals surface area (Å²) in [5.74, 6) is 0. The van der Waals surface area contributed by atoms with Crippen LogP contribution in [0.15, 0.2) is 71.6 Å². The molecule has 3 aromatic carbocycles. The first-order valence-electron chi connectivity index (χ1n) is 7.47. The van der Waals surface area contributed by atoms with Crippen LogP contribution in [-0.4, -0.2) is 8.42 Å². The molecule has 1 N–H and O–H groups in total. The van der Waals surface area contributed by atoms with E-state index in [0.29, 0.717) is 5.56 Å². The second-order valence-electron chi connectivity index (χ2n) is 5.56. The van der Waals surface area contributed by atoms with Crippen molar-refractivity contribution < 1.29 is 8.42 Å². The van der Waals surface area contributed by atoms with Gasteiger partial charge in [-0.2, -0.15) is 9.98 Å². The Labute approximate surface area is 141 Å². The van der Waals surface area contributed by atoms with E-state index in [1.54, 1.807) is 18.2 Å². The van der Waals surface area contributed by atoms with Crippen LogP contribution in [0.25, 0.3) is 10.8 Å². The van der Waals surface area contributed by atoms with Crippen molar-refractivity contribution in [1.82, 2.24) is 4.72 Å². The highest BCUT2D eigenvalue weighted by Gasteiger charge is 2.22. The van der Waals surface area contributed by atoms with E-state index in [2.05, 4.69) is 10.8 Å². The van der Waals surface area contributed by atoms with E-state index in [0.717, 1.165) is 16.3 Å². The molecule has 3 rings (SSSR count). The molecule has 0 aliphatic heterocycles. The molecule has 0 bridgehead atoms. The van der Waals surface area contributed by atoms with Gasteiger partial charge in [0.1, 0.15) is 6.04 Å². The summed E-state index contributed by atoms with van der Waals surface area (Å²) in [6, 6.07) is 20.8. The highest BCUT2D eigenvalue weighted by atomic mass is 32.2. The summed E-state index contributed by atoms with van der Waals surface area (Å²) in [5.41, 5.74) is 1.62. The van der Waals surface area contributed by atoms with Crippen LogP contribution < -0.4 is 4.72 Å². The van der Waals surface area contributed by atoms with Crippen molar-refractivity contribution in [2.24, 2.45) is 0 Å². The van der Waals surface area contributed by atoms with Crippen LogP contribution in [0.5, 0.6) is 0 Å². The smallest absolute Gasteiger partial charge is 0.207 e. The minimum absolute atomic E-state index is 0.147. The lowest BCUT2D eigenvalue weighted by Gasteiger charge is -2.15. The molecule has 0 aromatic heterocycles. The average Bonchev–Trinajstić information content (AvgIpc) is 2.60. The predicted octanol–water partition coefficient (Wildman–Crippen LogP) is 3.69. The first kappa shape index (κ1) is 16.2. The standard InChI is InChI=1S/C19H16N2O2S/c1-14-9-11-16(12-10-14)24(22,23)21-19(13-20)18-8-4-6-15-5-2-3-7-17(15)18/h2-12,19,21H,1H3. The first-order chi connectivity index (χ1) is 11.5. The SMILES string of the molecule is Cc1ccc(S(=O)(=O)NC(C#N)c2cccc3ccccc23)cc1. The zero-order valence-electron chi connectivity index (χ0n) is 13.1. The molecule has 0 aliphatic rings. The summed E-state index contributed by atoms with van der Waals surface area (Å²) in [6.07, 6.45) is 0. The number of aryl methyl sites for hydroxylation is 1. The molecule has 3 aromatic rings. The molecule has 0 spiro atoms. The molecular formula is C19H16N2O2S. The number of nitrogens with one attached hydrogen (secondary N) is 1. The normalized spacial score (nSPS) is 12.7. The van der Waals surface area contributed by atoms with Gasteiger partial charge in [-0.25, -0.2) is 8.42 Å². The Bertz CT molecular complexity index is 1010. The average molecular weight is 336 g/mol. The lowest BCUT2D eigenvalue weighted by atomic mass is 10.0. The Morgan fingerprint density at radius 1 is 0.958 bits per heavy atom. The quantitative estimate of drug-likeness (QED) is 0.790. The molecule has 4 nitrogen and oxygen atoms in total. The number of fused-ring (bicyclic) bond motifs is 1. The minimum atomic E-state index is -3.78. The minimum Gasteiger partial charge on any atom is -0.207 e. The molecular weight excluding hydrogens is 320 g/mol. The van der Waals surface area contributed by atoms with Crippen molar-refractivity contribution in [2.45, 2.75) is 17.9 Å². The summed E-state index contributed by atoms with van der Waals surface area (Å²) in [6.45, 7) is 1.89. The van der Waals surface area contributed by atoms with Crippen molar-refractivity contribution in [3.63, 3.8) is 0 Å². The van der Waals surface area contributed by atoms with Crippen LogP contribution in [0.3, 0.4) is 0 Å². The molecule has 0 fully saturated rings. The zero-order valence-corrected chi connectivity index (χ0v) is 13.9. The van der Waals surface area contributed by atoms with Gasteiger partial charge in [-0.1, -0.05) is 60.2 Å². The lowest BCUT2D eigenvalue weighted by molar-refractivity contribution is 0.576. The topological polar surface area (TPSA) is 70.0 Å². The fourth-order valence-electron chi connectivity index (χ4n) is 2.60. The third-order valence-electron chi connectivity index (χ3n) is 3.87. The Morgan fingerprint density at radius 3 is 2.33 bits per heavy atom. The number of benzene rings is 3. The zero-order chi connectivity index (χ0) is 17.2. The molecule has 0 heterocycles. The Morgan fingerprint density at radius 2 is 1.62 bits per heavy atom. The number of sulfonamides is 1. The van der Waals surface area contributed by atoms with Crippen LogP contribution in [0.4, 0.5) is 0 Å². The first-order valence-corrected chi connectivity index (χ1v) is 8.96. The van der Waals surface area contributed by atoms with Gasteiger partial charge in [0, 0.05) is 0 Å². The van der Waals surface area contributed by atoms with E-state index >= 15 is 0 Å². The van der Waals surface area contributed by atoms with Crippen molar-refractivity contribution in [1.29, 1.82) is 5.26 Å². The van der Waals surface area contributed by atoms with Gasteiger partial charge in [0.2, 0.25) is 10.0 Å². The van der Waals surface area contributed by atoms with Gasteiger partial charge in [0.05, 0.1) is 11.0 Å². The van der Waals surface area contributed by atoms with Gasteiger partial charge in [-0.15, -0.1) is 0 Å². The maximum absolute atomic E-state index is 12.6. The molecule has 1 unspecified atom stereocenters. The molecule has 0 saturated carbocycles. The molecule has 5 heteroatoms. The molecule has 120 valence electrons. The van der Waals surface area contributed by atoms with E-state index in [1.807, 2.05) is 43.3 Å². The highest BCUT2D eigenvalue weighted by Crippen LogP contribution is 2.25. The molecule has 1 atom stereocenters. The largest absolute Gasteiger partial charge is 0.241 e. The fourth-order valence-corrected chi connectivity index (χ4v) is 3.72. The van der Waals surface area contributed by atoms with Gasteiger partial charge in [0.25, 0.3) is 0 Å². The monoisotopic (exact) mass is 336 g/mol. The van der Waals surface area contributed by atoms with Gasteiger partial charge < -0.3 is 0 Å². The van der Waals surface area contributed by atoms with Crippen molar-refractivity contribution in [3.05, 3.63) is 77.9 Å². The summed E-state index contributed by atoms with van der Waals surface area (Å²) in [4.78, 5) is 0.147. The van der Waals surface area contributed by atoms with E-state index in [4.69, 9.17) is 0 Å². The van der Waals surface area contributed by atoms with Crippen molar-refractivity contribution in [3.8, 4) is 6.07 Å².